The Kier molecular flexibility index (Phi) is 6.09. The normalized spacial score (nSPS) is 10.6. The first-order valence-electron chi connectivity index (χ1n) is 6.97. The standard InChI is InChI=1S/C18H14ClFO4/c1-23-17-8-6-13(10-15(17)20)16(21)11-24-18(22)9-7-12-4-2-3-5-14(12)19/h2-10H,11H2,1H3/b9-7+. The number of Topliss-reactive ketones (excluding diaryl/α,β-unsaturated/α-hetero) is 1. The van der Waals surface area contributed by atoms with Gasteiger partial charge in [-0.2, -0.15) is 0 Å². The summed E-state index contributed by atoms with van der Waals surface area (Å²) in [7, 11) is 1.33. The average molecular weight is 349 g/mol. The molecule has 6 heteroatoms. The third kappa shape index (κ3) is 4.67. The molecule has 0 atom stereocenters. The van der Waals surface area contributed by atoms with Crippen molar-refractivity contribution in [2.24, 2.45) is 0 Å². The number of rotatable bonds is 6. The molecular formula is C18H14ClFO4. The molecule has 0 radical (unpaired) electrons. The second-order valence-corrected chi connectivity index (χ2v) is 5.14. The molecule has 0 saturated heterocycles. The molecule has 0 bridgehead atoms. The third-order valence-electron chi connectivity index (χ3n) is 3.12. The Morgan fingerprint density at radius 1 is 1.21 bits per heavy atom. The summed E-state index contributed by atoms with van der Waals surface area (Å²) in [4.78, 5) is 23.5. The summed E-state index contributed by atoms with van der Waals surface area (Å²) in [6.45, 7) is -0.489. The van der Waals surface area contributed by atoms with Crippen LogP contribution in [0.1, 0.15) is 15.9 Å². The summed E-state index contributed by atoms with van der Waals surface area (Å²) in [6.07, 6.45) is 2.66. The lowest BCUT2D eigenvalue weighted by Gasteiger charge is -2.05. The number of benzene rings is 2. The van der Waals surface area contributed by atoms with E-state index < -0.39 is 24.2 Å². The maximum absolute atomic E-state index is 13.5. The van der Waals surface area contributed by atoms with E-state index >= 15 is 0 Å². The van der Waals surface area contributed by atoms with E-state index in [2.05, 4.69) is 0 Å². The number of hydrogen-bond donors (Lipinski definition) is 0. The minimum atomic E-state index is -0.697. The van der Waals surface area contributed by atoms with Crippen molar-refractivity contribution < 1.29 is 23.5 Å². The fourth-order valence-corrected chi connectivity index (χ4v) is 2.07. The number of methoxy groups -OCH3 is 1. The molecule has 0 amide bonds. The molecule has 0 N–H and O–H groups in total. The van der Waals surface area contributed by atoms with Crippen molar-refractivity contribution in [1.82, 2.24) is 0 Å². The highest BCUT2D eigenvalue weighted by molar-refractivity contribution is 6.32. The molecule has 0 aliphatic heterocycles. The zero-order chi connectivity index (χ0) is 17.5. The number of carbonyl (C=O) groups is 2. The van der Waals surface area contributed by atoms with Crippen molar-refractivity contribution in [2.75, 3.05) is 13.7 Å². The lowest BCUT2D eigenvalue weighted by molar-refractivity contribution is -0.136. The molecular weight excluding hydrogens is 335 g/mol. The first kappa shape index (κ1) is 17.7. The summed E-state index contributed by atoms with van der Waals surface area (Å²) in [6, 6.07) is 10.7. The van der Waals surface area contributed by atoms with Crippen LogP contribution >= 0.6 is 11.6 Å². The Morgan fingerprint density at radius 2 is 1.96 bits per heavy atom. The molecule has 0 saturated carbocycles. The molecule has 0 spiro atoms. The number of carbonyl (C=O) groups excluding carboxylic acids is 2. The van der Waals surface area contributed by atoms with Gasteiger partial charge in [0, 0.05) is 16.7 Å². The van der Waals surface area contributed by atoms with Gasteiger partial charge in [0.1, 0.15) is 0 Å². The van der Waals surface area contributed by atoms with Gasteiger partial charge in [-0.15, -0.1) is 0 Å². The monoisotopic (exact) mass is 348 g/mol. The van der Waals surface area contributed by atoms with E-state index in [1.54, 1.807) is 24.3 Å². The van der Waals surface area contributed by atoms with Crippen LogP contribution in [-0.2, 0) is 9.53 Å². The molecule has 24 heavy (non-hydrogen) atoms. The van der Waals surface area contributed by atoms with Gasteiger partial charge < -0.3 is 9.47 Å². The van der Waals surface area contributed by atoms with Crippen molar-refractivity contribution in [1.29, 1.82) is 0 Å². The summed E-state index contributed by atoms with van der Waals surface area (Å²) < 4.78 is 23.2. The molecule has 0 heterocycles. The molecule has 2 aromatic rings. The van der Waals surface area contributed by atoms with Crippen molar-refractivity contribution >= 4 is 29.4 Å². The van der Waals surface area contributed by atoms with Gasteiger partial charge >= 0.3 is 5.97 Å². The minimum absolute atomic E-state index is 0.0335. The van der Waals surface area contributed by atoms with Crippen LogP contribution in [0.25, 0.3) is 6.08 Å². The van der Waals surface area contributed by atoms with E-state index in [1.807, 2.05) is 0 Å². The van der Waals surface area contributed by atoms with E-state index in [0.29, 0.717) is 10.6 Å². The summed E-state index contributed by atoms with van der Waals surface area (Å²) in [5.74, 6) is -1.84. The molecule has 124 valence electrons. The molecule has 0 aliphatic carbocycles. The fraction of sp³-hybridized carbons (Fsp3) is 0.111. The molecule has 4 nitrogen and oxygen atoms in total. The highest BCUT2D eigenvalue weighted by atomic mass is 35.5. The Morgan fingerprint density at radius 3 is 2.62 bits per heavy atom. The molecule has 2 rings (SSSR count). The van der Waals surface area contributed by atoms with Crippen molar-refractivity contribution in [3.8, 4) is 5.75 Å². The van der Waals surface area contributed by atoms with Crippen molar-refractivity contribution in [2.45, 2.75) is 0 Å². The maximum atomic E-state index is 13.5. The molecule has 0 fully saturated rings. The van der Waals surface area contributed by atoms with Gasteiger partial charge in [-0.3, -0.25) is 4.79 Å². The zero-order valence-electron chi connectivity index (χ0n) is 12.8. The van der Waals surface area contributed by atoms with Crippen LogP contribution in [0.3, 0.4) is 0 Å². The first-order chi connectivity index (χ1) is 11.5. The van der Waals surface area contributed by atoms with Crippen LogP contribution in [-0.4, -0.2) is 25.5 Å². The number of ketones is 1. The SMILES string of the molecule is COc1ccc(C(=O)COC(=O)/C=C/c2ccccc2Cl)cc1F. The lowest BCUT2D eigenvalue weighted by Crippen LogP contribution is -2.12. The van der Waals surface area contributed by atoms with E-state index in [0.717, 1.165) is 6.07 Å². The number of halogens is 2. The number of ether oxygens (including phenoxy) is 2. The van der Waals surface area contributed by atoms with Gasteiger partial charge in [0.15, 0.2) is 24.0 Å². The minimum Gasteiger partial charge on any atom is -0.494 e. The van der Waals surface area contributed by atoms with Gasteiger partial charge in [-0.25, -0.2) is 9.18 Å². The van der Waals surface area contributed by atoms with Gasteiger partial charge in [0.2, 0.25) is 0 Å². The Labute approximate surface area is 143 Å². The Bertz CT molecular complexity index is 786. The maximum Gasteiger partial charge on any atom is 0.331 e. The Balaban J connectivity index is 1.93. The highest BCUT2D eigenvalue weighted by Crippen LogP contribution is 2.18. The third-order valence-corrected chi connectivity index (χ3v) is 3.47. The molecule has 0 unspecified atom stereocenters. The van der Waals surface area contributed by atoms with Gasteiger partial charge in [0.25, 0.3) is 0 Å². The van der Waals surface area contributed by atoms with E-state index in [1.165, 1.54) is 31.4 Å². The van der Waals surface area contributed by atoms with Crippen molar-refractivity contribution in [3.05, 3.63) is 70.5 Å². The summed E-state index contributed by atoms with van der Waals surface area (Å²) in [5.41, 5.74) is 0.746. The zero-order valence-corrected chi connectivity index (χ0v) is 13.5. The van der Waals surface area contributed by atoms with Gasteiger partial charge in [-0.05, 0) is 35.9 Å². The topological polar surface area (TPSA) is 52.6 Å². The Hall–Kier alpha value is -2.66. The predicted octanol–water partition coefficient (Wildman–Crippen LogP) is 3.93. The molecule has 0 aromatic heterocycles. The second-order valence-electron chi connectivity index (χ2n) is 4.74. The largest absolute Gasteiger partial charge is 0.494 e. The van der Waals surface area contributed by atoms with Crippen molar-refractivity contribution in [3.63, 3.8) is 0 Å². The number of hydrogen-bond acceptors (Lipinski definition) is 4. The van der Waals surface area contributed by atoms with Gasteiger partial charge in [-0.1, -0.05) is 29.8 Å². The van der Waals surface area contributed by atoms with E-state index in [9.17, 15) is 14.0 Å². The van der Waals surface area contributed by atoms with E-state index in [4.69, 9.17) is 21.1 Å². The number of esters is 1. The van der Waals surface area contributed by atoms with Gasteiger partial charge in [0.05, 0.1) is 7.11 Å². The van der Waals surface area contributed by atoms with E-state index in [-0.39, 0.29) is 11.3 Å². The van der Waals surface area contributed by atoms with Crippen LogP contribution in [0, 0.1) is 5.82 Å². The predicted molar refractivity (Wildman–Crippen MR) is 88.7 cm³/mol. The van der Waals surface area contributed by atoms with Crippen LogP contribution in [0.15, 0.2) is 48.5 Å². The lowest BCUT2D eigenvalue weighted by atomic mass is 10.1. The second kappa shape index (κ2) is 8.26. The smallest absolute Gasteiger partial charge is 0.331 e. The highest BCUT2D eigenvalue weighted by Gasteiger charge is 2.12. The quantitative estimate of drug-likeness (QED) is 0.451. The van der Waals surface area contributed by atoms with Crippen LogP contribution in [0.2, 0.25) is 5.02 Å². The van der Waals surface area contributed by atoms with Crippen LogP contribution < -0.4 is 4.74 Å². The van der Waals surface area contributed by atoms with Crippen LogP contribution in [0.5, 0.6) is 5.75 Å². The molecule has 0 aliphatic rings. The summed E-state index contributed by atoms with van der Waals surface area (Å²) >= 11 is 5.95. The summed E-state index contributed by atoms with van der Waals surface area (Å²) in [5, 5.41) is 0.492. The average Bonchev–Trinajstić information content (AvgIpc) is 2.58. The molecule has 2 aromatic carbocycles. The first-order valence-corrected chi connectivity index (χ1v) is 7.35. The fourth-order valence-electron chi connectivity index (χ4n) is 1.88. The van der Waals surface area contributed by atoms with Crippen LogP contribution in [0.4, 0.5) is 4.39 Å².